The molecule has 2 atom stereocenters. The van der Waals surface area contributed by atoms with Crippen LogP contribution in [0.3, 0.4) is 0 Å². The number of rotatable bonds is 3. The van der Waals surface area contributed by atoms with Gasteiger partial charge in [0, 0.05) is 11.8 Å². The lowest BCUT2D eigenvalue weighted by atomic mass is 9.81. The van der Waals surface area contributed by atoms with Crippen LogP contribution in [0.4, 0.5) is 11.4 Å². The first kappa shape index (κ1) is 17.7. The maximum atomic E-state index is 12.7. The Balaban J connectivity index is 1.52. The monoisotopic (exact) mass is 383 g/mol. The van der Waals surface area contributed by atoms with E-state index in [1.165, 1.54) is 11.1 Å². The van der Waals surface area contributed by atoms with Gasteiger partial charge in [0.15, 0.2) is 5.15 Å². The highest BCUT2D eigenvalue weighted by Crippen LogP contribution is 2.40. The molecule has 4 rings (SSSR count). The van der Waals surface area contributed by atoms with Crippen LogP contribution in [-0.4, -0.2) is 22.7 Å². The van der Waals surface area contributed by atoms with Crippen LogP contribution >= 0.6 is 11.6 Å². The molecule has 0 bridgehead atoms. The number of aromatic nitrogens is 1. The molecule has 1 aromatic carbocycles. The van der Waals surface area contributed by atoms with Crippen molar-refractivity contribution in [3.63, 3.8) is 0 Å². The highest BCUT2D eigenvalue weighted by molar-refractivity contribution is 6.32. The molecule has 1 N–H and O–H groups in total. The molecule has 7 heteroatoms. The maximum Gasteiger partial charge on any atom is 0.255 e. The number of carbonyl (C=O) groups excluding carboxylic acids is 3. The lowest BCUT2D eigenvalue weighted by Gasteiger charge is -2.19. The van der Waals surface area contributed by atoms with E-state index >= 15 is 0 Å². The molecule has 2 fully saturated rings. The van der Waals surface area contributed by atoms with Crippen LogP contribution in [0.2, 0.25) is 5.15 Å². The normalized spacial score (nSPS) is 21.9. The fourth-order valence-electron chi connectivity index (χ4n) is 3.85. The van der Waals surface area contributed by atoms with Crippen LogP contribution in [0.1, 0.15) is 36.0 Å². The van der Waals surface area contributed by atoms with Gasteiger partial charge in [-0.15, -0.1) is 0 Å². The van der Waals surface area contributed by atoms with Gasteiger partial charge in [-0.3, -0.25) is 19.3 Å². The number of imide groups is 1. The van der Waals surface area contributed by atoms with Crippen LogP contribution < -0.4 is 10.2 Å². The summed E-state index contributed by atoms with van der Waals surface area (Å²) in [6.45, 7) is 0. The number of benzene rings is 1. The molecule has 2 aliphatic rings. The first-order chi connectivity index (χ1) is 13.1. The summed E-state index contributed by atoms with van der Waals surface area (Å²) < 4.78 is 0. The van der Waals surface area contributed by atoms with Crippen molar-refractivity contribution in [3.05, 3.63) is 53.3 Å². The fraction of sp³-hybridized carbons (Fsp3) is 0.300. The summed E-state index contributed by atoms with van der Waals surface area (Å²) in [5.41, 5.74) is 1.33. The van der Waals surface area contributed by atoms with Crippen molar-refractivity contribution in [1.82, 2.24) is 4.98 Å². The number of hydrogen-bond acceptors (Lipinski definition) is 4. The molecule has 6 nitrogen and oxygen atoms in total. The Morgan fingerprint density at radius 2 is 1.67 bits per heavy atom. The van der Waals surface area contributed by atoms with Gasteiger partial charge in [0.2, 0.25) is 11.8 Å². The van der Waals surface area contributed by atoms with E-state index in [1.807, 2.05) is 0 Å². The van der Waals surface area contributed by atoms with Crippen molar-refractivity contribution < 1.29 is 14.4 Å². The molecule has 1 aliphatic carbocycles. The number of anilines is 2. The van der Waals surface area contributed by atoms with Crippen molar-refractivity contribution in [3.8, 4) is 0 Å². The number of nitrogens with zero attached hydrogens (tertiary/aromatic N) is 2. The first-order valence-corrected chi connectivity index (χ1v) is 9.34. The van der Waals surface area contributed by atoms with E-state index in [-0.39, 0.29) is 34.7 Å². The van der Waals surface area contributed by atoms with Crippen molar-refractivity contribution in [2.45, 2.75) is 25.7 Å². The number of nitrogens with one attached hydrogen (secondary N) is 1. The number of carbonyl (C=O) groups is 3. The summed E-state index contributed by atoms with van der Waals surface area (Å²) >= 11 is 5.95. The molecule has 2 unspecified atom stereocenters. The van der Waals surface area contributed by atoms with E-state index in [1.54, 1.807) is 36.4 Å². The first-order valence-electron chi connectivity index (χ1n) is 8.96. The lowest BCUT2D eigenvalue weighted by molar-refractivity contribution is -0.122. The van der Waals surface area contributed by atoms with Gasteiger partial charge in [0.05, 0.1) is 23.2 Å². The number of hydrogen-bond donors (Lipinski definition) is 1. The molecule has 0 spiro atoms. The van der Waals surface area contributed by atoms with Crippen LogP contribution in [0.25, 0.3) is 0 Å². The zero-order valence-corrected chi connectivity index (χ0v) is 15.3. The minimum atomic E-state index is -0.343. The standard InChI is InChI=1S/C20H18ClN3O3/c21-17-16(6-3-11-22-17)23-18(25)12-7-9-13(10-8-12)24-19(26)14-4-1-2-5-15(14)20(24)27/h3,6-11,14-15H,1-2,4-5H2,(H,23,25). The second kappa shape index (κ2) is 7.12. The summed E-state index contributed by atoms with van der Waals surface area (Å²) in [6, 6.07) is 9.79. The Morgan fingerprint density at radius 1 is 1.04 bits per heavy atom. The fourth-order valence-corrected chi connectivity index (χ4v) is 4.02. The molecule has 1 aromatic heterocycles. The van der Waals surface area contributed by atoms with Gasteiger partial charge in [0.25, 0.3) is 5.91 Å². The third-order valence-electron chi connectivity index (χ3n) is 5.24. The zero-order valence-electron chi connectivity index (χ0n) is 14.5. The summed E-state index contributed by atoms with van der Waals surface area (Å²) in [5.74, 6) is -0.971. The Labute approximate surface area is 161 Å². The quantitative estimate of drug-likeness (QED) is 0.647. The van der Waals surface area contributed by atoms with Crippen LogP contribution in [-0.2, 0) is 9.59 Å². The van der Waals surface area contributed by atoms with Gasteiger partial charge in [-0.05, 0) is 49.2 Å². The van der Waals surface area contributed by atoms with Gasteiger partial charge in [0.1, 0.15) is 0 Å². The maximum absolute atomic E-state index is 12.7. The third kappa shape index (κ3) is 3.21. The topological polar surface area (TPSA) is 79.4 Å². The summed E-state index contributed by atoms with van der Waals surface area (Å²) in [7, 11) is 0. The van der Waals surface area contributed by atoms with Crippen molar-refractivity contribution in [2.75, 3.05) is 10.2 Å². The molecule has 27 heavy (non-hydrogen) atoms. The molecule has 1 aliphatic heterocycles. The average Bonchev–Trinajstić information content (AvgIpc) is 2.95. The molecule has 3 amide bonds. The van der Waals surface area contributed by atoms with Gasteiger partial charge < -0.3 is 5.32 Å². The van der Waals surface area contributed by atoms with E-state index in [2.05, 4.69) is 10.3 Å². The average molecular weight is 384 g/mol. The number of amides is 3. The van der Waals surface area contributed by atoms with Gasteiger partial charge in [-0.2, -0.15) is 0 Å². The highest BCUT2D eigenvalue weighted by Gasteiger charge is 2.48. The van der Waals surface area contributed by atoms with E-state index in [9.17, 15) is 14.4 Å². The summed E-state index contributed by atoms with van der Waals surface area (Å²) in [6.07, 6.45) is 5.07. The van der Waals surface area contributed by atoms with Crippen molar-refractivity contribution >= 4 is 40.7 Å². The van der Waals surface area contributed by atoms with Crippen LogP contribution in [0, 0.1) is 11.8 Å². The third-order valence-corrected chi connectivity index (χ3v) is 5.54. The van der Waals surface area contributed by atoms with Crippen molar-refractivity contribution in [1.29, 1.82) is 0 Å². The SMILES string of the molecule is O=C(Nc1cccnc1Cl)c1ccc(N2C(=O)C3CCCCC3C2=O)cc1. The molecule has 1 saturated carbocycles. The molecule has 0 radical (unpaired) electrons. The highest BCUT2D eigenvalue weighted by atomic mass is 35.5. The molecular formula is C20H18ClN3O3. The van der Waals surface area contributed by atoms with E-state index in [4.69, 9.17) is 11.6 Å². The lowest BCUT2D eigenvalue weighted by Crippen LogP contribution is -2.30. The van der Waals surface area contributed by atoms with E-state index in [0.29, 0.717) is 16.9 Å². The van der Waals surface area contributed by atoms with Gasteiger partial charge in [-0.1, -0.05) is 24.4 Å². The zero-order chi connectivity index (χ0) is 19.0. The number of pyridine rings is 1. The second-order valence-electron chi connectivity index (χ2n) is 6.85. The molecule has 138 valence electrons. The van der Waals surface area contributed by atoms with Crippen LogP contribution in [0.5, 0.6) is 0 Å². The van der Waals surface area contributed by atoms with E-state index < -0.39 is 0 Å². The van der Waals surface area contributed by atoms with E-state index in [0.717, 1.165) is 25.7 Å². The molecule has 2 aromatic rings. The number of fused-ring (bicyclic) bond motifs is 1. The largest absolute Gasteiger partial charge is 0.319 e. The minimum absolute atomic E-state index is 0.121. The Morgan fingerprint density at radius 3 is 2.26 bits per heavy atom. The Bertz CT molecular complexity index is 889. The molecule has 2 heterocycles. The molecular weight excluding hydrogens is 366 g/mol. The van der Waals surface area contributed by atoms with Crippen LogP contribution in [0.15, 0.2) is 42.6 Å². The molecule has 1 saturated heterocycles. The summed E-state index contributed by atoms with van der Waals surface area (Å²) in [4.78, 5) is 42.9. The Kier molecular flexibility index (Phi) is 4.66. The van der Waals surface area contributed by atoms with Gasteiger partial charge in [-0.25, -0.2) is 4.98 Å². The summed E-state index contributed by atoms with van der Waals surface area (Å²) in [5, 5.41) is 2.90. The number of halogens is 1. The van der Waals surface area contributed by atoms with Crippen molar-refractivity contribution in [2.24, 2.45) is 11.8 Å². The Hall–Kier alpha value is -2.73. The predicted molar refractivity (Wildman–Crippen MR) is 102 cm³/mol. The van der Waals surface area contributed by atoms with Gasteiger partial charge >= 0.3 is 0 Å². The predicted octanol–water partition coefficient (Wildman–Crippen LogP) is 3.67. The smallest absolute Gasteiger partial charge is 0.255 e. The second-order valence-corrected chi connectivity index (χ2v) is 7.21. The minimum Gasteiger partial charge on any atom is -0.319 e.